The van der Waals surface area contributed by atoms with E-state index >= 15 is 0 Å². The molecule has 0 N–H and O–H groups in total. The van der Waals surface area contributed by atoms with Crippen LogP contribution in [0.4, 0.5) is 0 Å². The fraction of sp³-hybridized carbons (Fsp3) is 0.263. The summed E-state index contributed by atoms with van der Waals surface area (Å²) in [6, 6.07) is 15.8. The average Bonchev–Trinajstić information content (AvgIpc) is 2.62. The Hall–Kier alpha value is -2.85. The molecule has 0 fully saturated rings. The van der Waals surface area contributed by atoms with Gasteiger partial charge >= 0.3 is 5.97 Å². The highest BCUT2D eigenvalue weighted by Gasteiger charge is 2.19. The summed E-state index contributed by atoms with van der Waals surface area (Å²) < 4.78 is 34.3. The molecule has 0 bridgehead atoms. The van der Waals surface area contributed by atoms with Gasteiger partial charge in [0.15, 0.2) is 21.3 Å². The molecule has 0 atom stereocenters. The molecule has 136 valence electrons. The first kappa shape index (κ1) is 19.5. The fourth-order valence-electron chi connectivity index (χ4n) is 2.37. The molecule has 2 aromatic rings. The second-order valence-electron chi connectivity index (χ2n) is 5.63. The van der Waals surface area contributed by atoms with Crippen molar-refractivity contribution in [3.05, 3.63) is 59.7 Å². The van der Waals surface area contributed by atoms with Crippen LogP contribution >= 0.6 is 0 Å². The van der Waals surface area contributed by atoms with Crippen LogP contribution in [0.25, 0.3) is 0 Å². The molecule has 0 heterocycles. The number of aryl methyl sites for hydroxylation is 1. The number of nitrogens with zero attached hydrogens (tertiary/aromatic N) is 1. The second kappa shape index (κ2) is 9.02. The van der Waals surface area contributed by atoms with E-state index in [4.69, 9.17) is 14.7 Å². The van der Waals surface area contributed by atoms with Gasteiger partial charge in [-0.05, 0) is 30.5 Å². The Morgan fingerprint density at radius 1 is 1.12 bits per heavy atom. The normalized spacial score (nSPS) is 10.8. The van der Waals surface area contributed by atoms with Crippen molar-refractivity contribution in [2.24, 2.45) is 0 Å². The van der Waals surface area contributed by atoms with Gasteiger partial charge in [0, 0.05) is 6.07 Å². The Bertz CT molecular complexity index is 901. The minimum Gasteiger partial charge on any atom is -0.493 e. The Morgan fingerprint density at radius 3 is 2.50 bits per heavy atom. The number of rotatable bonds is 8. The van der Waals surface area contributed by atoms with Gasteiger partial charge in [-0.1, -0.05) is 30.3 Å². The van der Waals surface area contributed by atoms with E-state index in [0.29, 0.717) is 18.4 Å². The minimum atomic E-state index is -3.57. The van der Waals surface area contributed by atoms with E-state index in [0.717, 1.165) is 5.56 Å². The number of nitriles is 1. The first-order valence-corrected chi connectivity index (χ1v) is 9.79. The SMILES string of the molecule is COc1cc(C#N)ccc1OC(=O)CS(=O)(=O)CCCc1ccccc1. The summed E-state index contributed by atoms with van der Waals surface area (Å²) in [5.74, 6) is -1.41. The van der Waals surface area contributed by atoms with Crippen LogP contribution in [0.15, 0.2) is 48.5 Å². The zero-order chi connectivity index (χ0) is 19.0. The van der Waals surface area contributed by atoms with Crippen LogP contribution in [0, 0.1) is 11.3 Å². The topological polar surface area (TPSA) is 93.5 Å². The van der Waals surface area contributed by atoms with Crippen LogP contribution in [-0.4, -0.2) is 33.0 Å². The Kier molecular flexibility index (Phi) is 6.75. The lowest BCUT2D eigenvalue weighted by atomic mass is 10.1. The number of sulfone groups is 1. The average molecular weight is 373 g/mol. The number of benzene rings is 2. The number of carbonyl (C=O) groups excluding carboxylic acids is 1. The van der Waals surface area contributed by atoms with Gasteiger partial charge < -0.3 is 9.47 Å². The summed E-state index contributed by atoms with van der Waals surface area (Å²) in [7, 11) is -2.20. The van der Waals surface area contributed by atoms with Crippen LogP contribution in [0.1, 0.15) is 17.5 Å². The predicted molar refractivity (Wildman–Crippen MR) is 96.8 cm³/mol. The molecule has 0 aliphatic rings. The molecule has 0 amide bonds. The zero-order valence-corrected chi connectivity index (χ0v) is 15.2. The van der Waals surface area contributed by atoms with E-state index in [1.165, 1.54) is 25.3 Å². The molecule has 0 aromatic heterocycles. The molecule has 26 heavy (non-hydrogen) atoms. The van der Waals surface area contributed by atoms with E-state index in [-0.39, 0.29) is 17.3 Å². The number of hydrogen-bond donors (Lipinski definition) is 0. The molecule has 0 unspecified atom stereocenters. The summed E-state index contributed by atoms with van der Waals surface area (Å²) in [6.45, 7) is 0. The lowest BCUT2D eigenvalue weighted by Gasteiger charge is -2.09. The number of hydrogen-bond acceptors (Lipinski definition) is 6. The van der Waals surface area contributed by atoms with Crippen molar-refractivity contribution in [3.8, 4) is 17.6 Å². The number of ether oxygens (including phenoxy) is 2. The third-order valence-corrected chi connectivity index (χ3v) is 5.20. The standard InChI is InChI=1S/C19H19NO5S/c1-24-18-12-16(13-20)9-10-17(18)25-19(21)14-26(22,23)11-5-8-15-6-3-2-4-7-15/h2-4,6-7,9-10,12H,5,8,11,14H2,1H3. The summed E-state index contributed by atoms with van der Waals surface area (Å²) in [4.78, 5) is 12.0. The summed E-state index contributed by atoms with van der Waals surface area (Å²) >= 11 is 0. The first-order valence-electron chi connectivity index (χ1n) is 7.96. The molecule has 2 rings (SSSR count). The molecule has 0 spiro atoms. The van der Waals surface area contributed by atoms with Crippen molar-refractivity contribution in [1.29, 1.82) is 5.26 Å². The summed E-state index contributed by atoms with van der Waals surface area (Å²) in [5.41, 5.74) is 1.39. The van der Waals surface area contributed by atoms with E-state index in [9.17, 15) is 13.2 Å². The van der Waals surface area contributed by atoms with Crippen LogP contribution < -0.4 is 9.47 Å². The molecule has 0 saturated carbocycles. The molecule has 6 nitrogen and oxygen atoms in total. The minimum absolute atomic E-state index is 0.0796. The van der Waals surface area contributed by atoms with Crippen LogP contribution in [0.5, 0.6) is 11.5 Å². The Balaban J connectivity index is 1.91. The highest BCUT2D eigenvalue weighted by molar-refractivity contribution is 7.92. The number of methoxy groups -OCH3 is 1. The highest BCUT2D eigenvalue weighted by Crippen LogP contribution is 2.28. The molecule has 0 aliphatic carbocycles. The Morgan fingerprint density at radius 2 is 1.85 bits per heavy atom. The number of carbonyl (C=O) groups is 1. The van der Waals surface area contributed by atoms with Crippen LogP contribution in [0.3, 0.4) is 0 Å². The largest absolute Gasteiger partial charge is 0.493 e. The van der Waals surface area contributed by atoms with Gasteiger partial charge in [-0.3, -0.25) is 4.79 Å². The van der Waals surface area contributed by atoms with E-state index < -0.39 is 21.6 Å². The van der Waals surface area contributed by atoms with Crippen molar-refractivity contribution < 1.29 is 22.7 Å². The summed E-state index contributed by atoms with van der Waals surface area (Å²) in [6.07, 6.45) is 1.05. The van der Waals surface area contributed by atoms with Gasteiger partial charge in [0.1, 0.15) is 5.75 Å². The molecular formula is C19H19NO5S. The fourth-order valence-corrected chi connectivity index (χ4v) is 3.51. The van der Waals surface area contributed by atoms with E-state index in [1.54, 1.807) is 0 Å². The van der Waals surface area contributed by atoms with Gasteiger partial charge in [0.2, 0.25) is 0 Å². The lowest BCUT2D eigenvalue weighted by Crippen LogP contribution is -2.23. The van der Waals surface area contributed by atoms with Gasteiger partial charge in [-0.15, -0.1) is 0 Å². The Labute approximate surface area is 152 Å². The molecule has 0 aliphatic heterocycles. The van der Waals surface area contributed by atoms with Crippen LogP contribution in [0.2, 0.25) is 0 Å². The maximum Gasteiger partial charge on any atom is 0.326 e. The van der Waals surface area contributed by atoms with Gasteiger partial charge in [-0.2, -0.15) is 5.26 Å². The zero-order valence-electron chi connectivity index (χ0n) is 14.3. The van der Waals surface area contributed by atoms with Crippen molar-refractivity contribution in [1.82, 2.24) is 0 Å². The van der Waals surface area contributed by atoms with Crippen molar-refractivity contribution in [2.75, 3.05) is 18.6 Å². The lowest BCUT2D eigenvalue weighted by molar-refractivity contribution is -0.131. The molecule has 2 aromatic carbocycles. The van der Waals surface area contributed by atoms with Gasteiger partial charge in [0.05, 0.1) is 24.5 Å². The molecule has 0 radical (unpaired) electrons. The monoisotopic (exact) mass is 373 g/mol. The molecular weight excluding hydrogens is 354 g/mol. The predicted octanol–water partition coefficient (Wildman–Crippen LogP) is 2.52. The van der Waals surface area contributed by atoms with Gasteiger partial charge in [-0.25, -0.2) is 8.42 Å². The summed E-state index contributed by atoms with van der Waals surface area (Å²) in [5, 5.41) is 8.86. The first-order chi connectivity index (χ1) is 12.4. The molecule has 0 saturated heterocycles. The third kappa shape index (κ3) is 5.90. The maximum absolute atomic E-state index is 12.1. The van der Waals surface area contributed by atoms with Crippen molar-refractivity contribution in [3.63, 3.8) is 0 Å². The van der Waals surface area contributed by atoms with E-state index in [2.05, 4.69) is 0 Å². The maximum atomic E-state index is 12.1. The molecule has 7 heteroatoms. The quantitative estimate of drug-likeness (QED) is 0.521. The van der Waals surface area contributed by atoms with E-state index in [1.807, 2.05) is 36.4 Å². The van der Waals surface area contributed by atoms with Crippen LogP contribution in [-0.2, 0) is 21.1 Å². The smallest absolute Gasteiger partial charge is 0.326 e. The number of esters is 1. The second-order valence-corrected chi connectivity index (χ2v) is 7.82. The van der Waals surface area contributed by atoms with Gasteiger partial charge in [0.25, 0.3) is 0 Å². The van der Waals surface area contributed by atoms with Crippen molar-refractivity contribution >= 4 is 15.8 Å². The highest BCUT2D eigenvalue weighted by atomic mass is 32.2. The third-order valence-electron chi connectivity index (χ3n) is 3.62. The van der Waals surface area contributed by atoms with Crippen molar-refractivity contribution in [2.45, 2.75) is 12.8 Å².